The number of carbonyl (C=O) groups is 1. The smallest absolute Gasteiger partial charge is 0.230 e. The van der Waals surface area contributed by atoms with Crippen molar-refractivity contribution in [1.82, 2.24) is 5.32 Å². The molecule has 1 aromatic carbocycles. The summed E-state index contributed by atoms with van der Waals surface area (Å²) in [5, 5.41) is 20.8. The molecule has 1 rings (SSSR count). The van der Waals surface area contributed by atoms with E-state index in [1.165, 1.54) is 0 Å². The zero-order valence-electron chi connectivity index (χ0n) is 12.5. The Balaban J connectivity index is 2.19. The highest BCUT2D eigenvalue weighted by Crippen LogP contribution is 2.13. The van der Waals surface area contributed by atoms with Crippen LogP contribution in [-0.4, -0.2) is 29.4 Å². The summed E-state index contributed by atoms with van der Waals surface area (Å²) < 4.78 is 0. The minimum absolute atomic E-state index is 0.0195. The number of amides is 1. The molecule has 2 N–H and O–H groups in total. The normalized spacial score (nSPS) is 13.2. The Morgan fingerprint density at radius 3 is 2.62 bits per heavy atom. The van der Waals surface area contributed by atoms with Crippen LogP contribution < -0.4 is 5.32 Å². The van der Waals surface area contributed by atoms with Crippen molar-refractivity contribution in [2.75, 3.05) is 12.3 Å². The first-order chi connectivity index (χ1) is 10.0. The van der Waals surface area contributed by atoms with Gasteiger partial charge < -0.3 is 10.4 Å². The van der Waals surface area contributed by atoms with E-state index in [9.17, 15) is 9.90 Å². The van der Waals surface area contributed by atoms with Crippen LogP contribution in [0.25, 0.3) is 0 Å². The number of nitriles is 1. The monoisotopic (exact) mass is 306 g/mol. The van der Waals surface area contributed by atoms with Gasteiger partial charge in [0, 0.05) is 12.3 Å². The maximum Gasteiger partial charge on any atom is 0.230 e. The maximum absolute atomic E-state index is 11.7. The summed E-state index contributed by atoms with van der Waals surface area (Å²) in [6, 6.07) is 9.47. The van der Waals surface area contributed by atoms with Crippen LogP contribution >= 0.6 is 11.8 Å². The lowest BCUT2D eigenvalue weighted by molar-refractivity contribution is -0.118. The minimum Gasteiger partial charge on any atom is -0.393 e. The molecule has 0 radical (unpaired) electrons. The van der Waals surface area contributed by atoms with Crippen molar-refractivity contribution in [3.8, 4) is 6.07 Å². The molecule has 1 aromatic rings. The fourth-order valence-electron chi connectivity index (χ4n) is 1.94. The van der Waals surface area contributed by atoms with Crippen LogP contribution in [0.2, 0.25) is 0 Å². The van der Waals surface area contributed by atoms with Crippen molar-refractivity contribution in [2.24, 2.45) is 5.92 Å². The Kier molecular flexibility index (Phi) is 7.88. The Hall–Kier alpha value is -1.51. The molecule has 0 saturated carbocycles. The fraction of sp³-hybridized carbons (Fsp3) is 0.500. The third kappa shape index (κ3) is 7.74. The number of nitrogens with one attached hydrogen (secondary N) is 1. The quantitative estimate of drug-likeness (QED) is 0.773. The number of rotatable bonds is 8. The third-order valence-corrected chi connectivity index (χ3v) is 3.98. The summed E-state index contributed by atoms with van der Waals surface area (Å²) in [6.07, 6.45) is 0.362. The number of hydrogen-bond donors (Lipinski definition) is 2. The molecule has 4 nitrogen and oxygen atoms in total. The van der Waals surface area contributed by atoms with Gasteiger partial charge in [0.2, 0.25) is 5.91 Å². The second-order valence-electron chi connectivity index (χ2n) is 5.30. The molecule has 5 heteroatoms. The Labute approximate surface area is 130 Å². The molecule has 0 aliphatic heterocycles. The summed E-state index contributed by atoms with van der Waals surface area (Å²) in [7, 11) is 0. The minimum atomic E-state index is -0.331. The fourth-order valence-corrected chi connectivity index (χ4v) is 2.76. The molecule has 0 spiro atoms. The van der Waals surface area contributed by atoms with E-state index in [2.05, 4.69) is 11.4 Å². The van der Waals surface area contributed by atoms with E-state index in [-0.39, 0.29) is 17.9 Å². The first kappa shape index (κ1) is 17.5. The summed E-state index contributed by atoms with van der Waals surface area (Å²) in [4.78, 5) is 11.7. The van der Waals surface area contributed by atoms with Crippen LogP contribution in [0.5, 0.6) is 0 Å². The van der Waals surface area contributed by atoms with Gasteiger partial charge in [0.1, 0.15) is 0 Å². The molecule has 0 aliphatic carbocycles. The third-order valence-electron chi connectivity index (χ3n) is 2.98. The molecule has 0 aliphatic rings. The van der Waals surface area contributed by atoms with Gasteiger partial charge in [-0.15, -0.1) is 11.8 Å². The molecule has 0 saturated heterocycles. The highest BCUT2D eigenvalue weighted by atomic mass is 32.2. The molecule has 1 amide bonds. The van der Waals surface area contributed by atoms with Gasteiger partial charge in [-0.3, -0.25) is 4.79 Å². The van der Waals surface area contributed by atoms with Gasteiger partial charge in [-0.25, -0.2) is 0 Å². The molecule has 21 heavy (non-hydrogen) atoms. The van der Waals surface area contributed by atoms with Crippen LogP contribution in [0.4, 0.5) is 0 Å². The van der Waals surface area contributed by atoms with Crippen LogP contribution in [0, 0.1) is 17.2 Å². The van der Waals surface area contributed by atoms with Crippen molar-refractivity contribution in [2.45, 2.75) is 32.1 Å². The van der Waals surface area contributed by atoms with E-state index in [4.69, 9.17) is 5.26 Å². The van der Waals surface area contributed by atoms with Gasteiger partial charge >= 0.3 is 0 Å². The summed E-state index contributed by atoms with van der Waals surface area (Å²) in [5.41, 5.74) is 1.75. The summed E-state index contributed by atoms with van der Waals surface area (Å²) >= 11 is 1.55. The van der Waals surface area contributed by atoms with Crippen LogP contribution in [-0.2, 0) is 10.5 Å². The van der Waals surface area contributed by atoms with Crippen molar-refractivity contribution in [3.05, 3.63) is 35.4 Å². The van der Waals surface area contributed by atoms with Crippen LogP contribution in [0.15, 0.2) is 24.3 Å². The van der Waals surface area contributed by atoms with E-state index >= 15 is 0 Å². The standard InChI is InChI=1S/C16H22N2O2S/c1-12(7-13(2)19)9-18-16(20)11-21-10-15-5-3-14(8-17)4-6-15/h3-6,12-13,19H,7,9-11H2,1-2H3,(H,18,20). The van der Waals surface area contributed by atoms with Crippen molar-refractivity contribution < 1.29 is 9.90 Å². The van der Waals surface area contributed by atoms with Gasteiger partial charge in [0.05, 0.1) is 23.5 Å². The molecule has 0 bridgehead atoms. The summed E-state index contributed by atoms with van der Waals surface area (Å²) in [6.45, 7) is 4.36. The topological polar surface area (TPSA) is 73.1 Å². The largest absolute Gasteiger partial charge is 0.393 e. The number of benzene rings is 1. The first-order valence-electron chi connectivity index (χ1n) is 7.02. The number of aliphatic hydroxyl groups excluding tert-OH is 1. The molecular weight excluding hydrogens is 284 g/mol. The SMILES string of the molecule is CC(O)CC(C)CNC(=O)CSCc1ccc(C#N)cc1. The van der Waals surface area contributed by atoms with E-state index in [1.54, 1.807) is 30.8 Å². The zero-order chi connectivity index (χ0) is 15.7. The second-order valence-corrected chi connectivity index (χ2v) is 6.28. The average molecular weight is 306 g/mol. The molecule has 2 unspecified atom stereocenters. The predicted octanol–water partition coefficient (Wildman–Crippen LogP) is 2.31. The van der Waals surface area contributed by atoms with Gasteiger partial charge in [-0.2, -0.15) is 5.26 Å². The Morgan fingerprint density at radius 1 is 1.38 bits per heavy atom. The van der Waals surface area contributed by atoms with Crippen molar-refractivity contribution in [3.63, 3.8) is 0 Å². The predicted molar refractivity (Wildman–Crippen MR) is 85.8 cm³/mol. The highest BCUT2D eigenvalue weighted by Gasteiger charge is 2.08. The number of aliphatic hydroxyl groups is 1. The molecule has 114 valence electrons. The number of nitrogens with zero attached hydrogens (tertiary/aromatic N) is 1. The van der Waals surface area contributed by atoms with Gasteiger partial charge in [0.15, 0.2) is 0 Å². The molecule has 0 fully saturated rings. The maximum atomic E-state index is 11.7. The molecule has 0 heterocycles. The molecule has 2 atom stereocenters. The van der Waals surface area contributed by atoms with Gasteiger partial charge in [0.25, 0.3) is 0 Å². The number of thioether (sulfide) groups is 1. The average Bonchev–Trinajstić information content (AvgIpc) is 2.45. The lowest BCUT2D eigenvalue weighted by Gasteiger charge is -2.14. The molecular formula is C16H22N2O2S. The van der Waals surface area contributed by atoms with Crippen molar-refractivity contribution >= 4 is 17.7 Å². The van der Waals surface area contributed by atoms with E-state index in [0.717, 1.165) is 11.3 Å². The van der Waals surface area contributed by atoms with Crippen LogP contribution in [0.3, 0.4) is 0 Å². The van der Waals surface area contributed by atoms with Crippen molar-refractivity contribution in [1.29, 1.82) is 5.26 Å². The van der Waals surface area contributed by atoms with E-state index in [1.807, 2.05) is 19.1 Å². The summed E-state index contributed by atoms with van der Waals surface area (Å²) in [5.74, 6) is 1.47. The zero-order valence-corrected chi connectivity index (χ0v) is 13.3. The van der Waals surface area contributed by atoms with Gasteiger partial charge in [-0.05, 0) is 37.0 Å². The first-order valence-corrected chi connectivity index (χ1v) is 8.18. The lowest BCUT2D eigenvalue weighted by atomic mass is 10.1. The lowest BCUT2D eigenvalue weighted by Crippen LogP contribution is -2.30. The Morgan fingerprint density at radius 2 is 2.05 bits per heavy atom. The second kappa shape index (κ2) is 9.43. The van der Waals surface area contributed by atoms with E-state index < -0.39 is 0 Å². The van der Waals surface area contributed by atoms with Gasteiger partial charge in [-0.1, -0.05) is 19.1 Å². The molecule has 0 aromatic heterocycles. The van der Waals surface area contributed by atoms with Crippen LogP contribution in [0.1, 0.15) is 31.4 Å². The number of carbonyl (C=O) groups excluding carboxylic acids is 1. The van der Waals surface area contributed by atoms with E-state index in [0.29, 0.717) is 24.3 Å². The highest BCUT2D eigenvalue weighted by molar-refractivity contribution is 7.99. The number of hydrogen-bond acceptors (Lipinski definition) is 4. The Bertz CT molecular complexity index is 480.